The smallest absolute Gasteiger partial charge is 0.313 e. The molecule has 2 saturated heterocycles. The maximum atomic E-state index is 14.3. The highest BCUT2D eigenvalue weighted by atomic mass is 16.6. The van der Waals surface area contributed by atoms with Gasteiger partial charge in [0.15, 0.2) is 0 Å². The number of benzene rings is 1. The Hall–Kier alpha value is -2.97. The number of rotatable bonds is 3. The Balaban J connectivity index is 1.69. The number of aliphatic hydroxyl groups is 1. The zero-order valence-electron chi connectivity index (χ0n) is 19.9. The Bertz CT molecular complexity index is 1130. The maximum absolute atomic E-state index is 14.3. The molecule has 1 unspecified atom stereocenters. The van der Waals surface area contributed by atoms with Gasteiger partial charge in [0.2, 0.25) is 5.91 Å². The first-order chi connectivity index (χ1) is 16.1. The lowest BCUT2D eigenvalue weighted by Gasteiger charge is -2.39. The molecule has 34 heavy (non-hydrogen) atoms. The van der Waals surface area contributed by atoms with Gasteiger partial charge < -0.3 is 24.4 Å². The molecule has 8 heteroatoms. The van der Waals surface area contributed by atoms with Crippen LogP contribution in [-0.4, -0.2) is 70.8 Å². The SMILES string of the molecule is Cc1ccc(C)c(N2CC=C[C@]34O[C@@]5(C)C=CCOC(=O)[C@H]5[C@H]3C(=O)N([C@H](C)CO)C4C2=O)c1. The lowest BCUT2D eigenvalue weighted by molar-refractivity contribution is -0.157. The van der Waals surface area contributed by atoms with Crippen molar-refractivity contribution < 1.29 is 29.0 Å². The Morgan fingerprint density at radius 1 is 1.12 bits per heavy atom. The molecular formula is C26H30N2O6. The molecule has 5 rings (SSSR count). The highest BCUT2D eigenvalue weighted by molar-refractivity contribution is 6.06. The molecule has 0 bridgehead atoms. The van der Waals surface area contributed by atoms with Crippen molar-refractivity contribution in [2.24, 2.45) is 11.8 Å². The first-order valence-electron chi connectivity index (χ1n) is 11.7. The molecule has 0 radical (unpaired) electrons. The Labute approximate surface area is 198 Å². The monoisotopic (exact) mass is 466 g/mol. The number of fused-ring (bicyclic) bond motifs is 2. The molecule has 0 saturated carbocycles. The molecule has 0 aromatic heterocycles. The zero-order valence-corrected chi connectivity index (χ0v) is 19.9. The van der Waals surface area contributed by atoms with Gasteiger partial charge in [0.25, 0.3) is 5.91 Å². The van der Waals surface area contributed by atoms with Crippen LogP contribution in [0.2, 0.25) is 0 Å². The first-order valence-corrected chi connectivity index (χ1v) is 11.7. The lowest BCUT2D eigenvalue weighted by atomic mass is 9.75. The Morgan fingerprint density at radius 2 is 1.88 bits per heavy atom. The number of nitrogens with zero attached hydrogens (tertiary/aromatic N) is 2. The van der Waals surface area contributed by atoms with Gasteiger partial charge in [0.05, 0.1) is 24.2 Å². The summed E-state index contributed by atoms with van der Waals surface area (Å²) in [6.45, 7) is 7.45. The fourth-order valence-electron chi connectivity index (χ4n) is 6.08. The van der Waals surface area contributed by atoms with E-state index in [0.29, 0.717) is 6.54 Å². The van der Waals surface area contributed by atoms with E-state index in [4.69, 9.17) is 9.47 Å². The summed E-state index contributed by atoms with van der Waals surface area (Å²) in [6.07, 6.45) is 7.12. The average molecular weight is 467 g/mol. The number of carbonyl (C=O) groups is 3. The number of hydrogen-bond acceptors (Lipinski definition) is 6. The van der Waals surface area contributed by atoms with Gasteiger partial charge >= 0.3 is 5.97 Å². The summed E-state index contributed by atoms with van der Waals surface area (Å²) < 4.78 is 12.0. The summed E-state index contributed by atoms with van der Waals surface area (Å²) in [5.41, 5.74) is 0.250. The summed E-state index contributed by atoms with van der Waals surface area (Å²) in [7, 11) is 0. The second-order valence-corrected chi connectivity index (χ2v) is 9.95. The molecule has 2 fully saturated rings. The van der Waals surface area contributed by atoms with Gasteiger partial charge in [-0.3, -0.25) is 14.4 Å². The van der Waals surface area contributed by atoms with Gasteiger partial charge in [0, 0.05) is 12.2 Å². The van der Waals surface area contributed by atoms with Gasteiger partial charge in [-0.05, 0) is 51.0 Å². The molecule has 8 nitrogen and oxygen atoms in total. The van der Waals surface area contributed by atoms with E-state index in [9.17, 15) is 19.5 Å². The van der Waals surface area contributed by atoms with Crippen molar-refractivity contribution in [3.63, 3.8) is 0 Å². The number of esters is 1. The van der Waals surface area contributed by atoms with Crippen LogP contribution in [0.15, 0.2) is 42.5 Å². The van der Waals surface area contributed by atoms with Crippen molar-refractivity contribution >= 4 is 23.5 Å². The molecular weight excluding hydrogens is 436 g/mol. The summed E-state index contributed by atoms with van der Waals surface area (Å²) in [4.78, 5) is 44.3. The fraction of sp³-hybridized carbons (Fsp3) is 0.500. The summed E-state index contributed by atoms with van der Waals surface area (Å²) in [6, 6.07) is 4.23. The van der Waals surface area contributed by atoms with Crippen LogP contribution >= 0.6 is 0 Å². The summed E-state index contributed by atoms with van der Waals surface area (Å²) >= 11 is 0. The molecule has 180 valence electrons. The maximum Gasteiger partial charge on any atom is 0.313 e. The van der Waals surface area contributed by atoms with E-state index in [1.54, 1.807) is 37.0 Å². The third kappa shape index (κ3) is 3.01. The minimum Gasteiger partial charge on any atom is -0.461 e. The number of cyclic esters (lactones) is 1. The third-order valence-corrected chi connectivity index (χ3v) is 7.65. The van der Waals surface area contributed by atoms with Crippen molar-refractivity contribution in [1.82, 2.24) is 4.90 Å². The Kier molecular flexibility index (Phi) is 5.22. The topological polar surface area (TPSA) is 96.4 Å². The Morgan fingerprint density at radius 3 is 2.62 bits per heavy atom. The standard InChI is InChI=1S/C26H30N2O6/c1-15-7-8-16(2)18(13-15)27-11-5-10-26-19(20-24(32)33-12-6-9-25(20,4)34-26)22(30)28(17(3)14-29)21(26)23(27)31/h5-10,13,17,19-21,29H,11-12,14H2,1-4H3/t17-,19+,20-,21?,25+,26+/m1/s1. The molecule has 6 atom stereocenters. The predicted molar refractivity (Wildman–Crippen MR) is 124 cm³/mol. The molecule has 1 aromatic rings. The van der Waals surface area contributed by atoms with Crippen molar-refractivity contribution in [3.8, 4) is 0 Å². The molecule has 0 aliphatic carbocycles. The van der Waals surface area contributed by atoms with Gasteiger partial charge in [0.1, 0.15) is 24.2 Å². The summed E-state index contributed by atoms with van der Waals surface area (Å²) in [5.74, 6) is -3.04. The predicted octanol–water partition coefficient (Wildman–Crippen LogP) is 1.67. The van der Waals surface area contributed by atoms with Crippen LogP contribution in [0.5, 0.6) is 0 Å². The van der Waals surface area contributed by atoms with Crippen LogP contribution in [0, 0.1) is 25.7 Å². The minimum absolute atomic E-state index is 0.109. The fourth-order valence-corrected chi connectivity index (χ4v) is 6.08. The number of aryl methyl sites for hydroxylation is 2. The van der Waals surface area contributed by atoms with Crippen LogP contribution in [0.4, 0.5) is 5.69 Å². The number of amides is 2. The van der Waals surface area contributed by atoms with Crippen molar-refractivity contribution in [1.29, 1.82) is 0 Å². The molecule has 1 spiro atoms. The van der Waals surface area contributed by atoms with E-state index >= 15 is 0 Å². The molecule has 4 heterocycles. The number of aliphatic hydroxyl groups excluding tert-OH is 1. The van der Waals surface area contributed by atoms with Crippen LogP contribution < -0.4 is 4.90 Å². The normalized spacial score (nSPS) is 35.4. The van der Waals surface area contributed by atoms with E-state index in [1.165, 1.54) is 4.90 Å². The quantitative estimate of drug-likeness (QED) is 0.538. The number of anilines is 1. The number of likely N-dealkylation sites (tertiary alicyclic amines) is 1. The van der Waals surface area contributed by atoms with Crippen LogP contribution in [-0.2, 0) is 23.9 Å². The second-order valence-electron chi connectivity index (χ2n) is 9.95. The van der Waals surface area contributed by atoms with Gasteiger partial charge in [-0.1, -0.05) is 30.4 Å². The molecule has 1 N–H and O–H groups in total. The van der Waals surface area contributed by atoms with Crippen molar-refractivity contribution in [3.05, 3.63) is 53.6 Å². The largest absolute Gasteiger partial charge is 0.461 e. The number of ether oxygens (including phenoxy) is 2. The zero-order chi connectivity index (χ0) is 24.4. The molecule has 4 aliphatic rings. The van der Waals surface area contributed by atoms with Gasteiger partial charge in [-0.15, -0.1) is 0 Å². The third-order valence-electron chi connectivity index (χ3n) is 7.65. The van der Waals surface area contributed by atoms with Crippen LogP contribution in [0.1, 0.15) is 25.0 Å². The van der Waals surface area contributed by atoms with E-state index in [1.807, 2.05) is 38.1 Å². The van der Waals surface area contributed by atoms with E-state index in [-0.39, 0.29) is 25.0 Å². The minimum atomic E-state index is -1.36. The van der Waals surface area contributed by atoms with E-state index in [2.05, 4.69) is 0 Å². The van der Waals surface area contributed by atoms with E-state index < -0.39 is 41.1 Å². The number of carbonyl (C=O) groups excluding carboxylic acids is 3. The van der Waals surface area contributed by atoms with Crippen LogP contribution in [0.25, 0.3) is 0 Å². The van der Waals surface area contributed by atoms with Crippen LogP contribution in [0.3, 0.4) is 0 Å². The molecule has 1 aromatic carbocycles. The average Bonchev–Trinajstić information content (AvgIpc) is 3.06. The van der Waals surface area contributed by atoms with E-state index in [0.717, 1.165) is 16.8 Å². The molecule has 4 aliphatic heterocycles. The second kappa shape index (κ2) is 7.78. The van der Waals surface area contributed by atoms with Gasteiger partial charge in [-0.25, -0.2) is 0 Å². The van der Waals surface area contributed by atoms with Gasteiger partial charge in [-0.2, -0.15) is 0 Å². The highest BCUT2D eigenvalue weighted by Crippen LogP contribution is 2.57. The van der Waals surface area contributed by atoms with Crippen molar-refractivity contribution in [2.45, 2.75) is 51.0 Å². The molecule has 2 amide bonds. The van der Waals surface area contributed by atoms with Crippen molar-refractivity contribution in [2.75, 3.05) is 24.7 Å². The number of hydrogen-bond donors (Lipinski definition) is 1. The lowest BCUT2D eigenvalue weighted by Crippen LogP contribution is -2.58. The highest BCUT2D eigenvalue weighted by Gasteiger charge is 2.75. The first kappa shape index (κ1) is 22.8. The summed E-state index contributed by atoms with van der Waals surface area (Å²) in [5, 5.41) is 9.98.